The van der Waals surface area contributed by atoms with E-state index in [2.05, 4.69) is 10.0 Å². The van der Waals surface area contributed by atoms with Gasteiger partial charge in [-0.2, -0.15) is 0 Å². The zero-order valence-electron chi connectivity index (χ0n) is 15.5. The summed E-state index contributed by atoms with van der Waals surface area (Å²) >= 11 is 0. The van der Waals surface area contributed by atoms with Crippen molar-refractivity contribution in [2.45, 2.75) is 26.4 Å². The zero-order valence-corrected chi connectivity index (χ0v) is 15.5. The predicted octanol–water partition coefficient (Wildman–Crippen LogP) is 1.67. The van der Waals surface area contributed by atoms with Crippen molar-refractivity contribution in [2.75, 3.05) is 59.3 Å². The fourth-order valence-corrected chi connectivity index (χ4v) is 1.59. The Morgan fingerprint density at radius 2 is 1.58 bits per heavy atom. The van der Waals surface area contributed by atoms with Crippen LogP contribution in [0.3, 0.4) is 0 Å². The first kappa shape index (κ1) is 23.9. The standard InChI is InChI=1S/C15H28N4O7/c1-15(2,3)26-14(22)19(12-13(20)21)5-7-24-9-11-25-10-8-23-6-4-17-18-16/h4-12H2,1-3H3,(H,20,21). The first-order valence-electron chi connectivity index (χ1n) is 8.20. The molecule has 11 nitrogen and oxygen atoms in total. The number of carbonyl (C=O) groups excluding carboxylic acids is 1. The molecule has 0 aromatic carbocycles. The van der Waals surface area contributed by atoms with Gasteiger partial charge in [-0.05, 0) is 26.3 Å². The maximum atomic E-state index is 11.9. The van der Waals surface area contributed by atoms with Crippen LogP contribution in [0.5, 0.6) is 0 Å². The fourth-order valence-electron chi connectivity index (χ4n) is 1.59. The van der Waals surface area contributed by atoms with Gasteiger partial charge in [-0.25, -0.2) is 4.79 Å². The minimum atomic E-state index is -1.13. The Balaban J connectivity index is 3.80. The molecule has 0 heterocycles. The molecule has 11 heteroatoms. The second kappa shape index (κ2) is 14.1. The van der Waals surface area contributed by atoms with Gasteiger partial charge in [0.05, 0.1) is 39.6 Å². The van der Waals surface area contributed by atoms with E-state index in [1.165, 1.54) is 0 Å². The molecular weight excluding hydrogens is 348 g/mol. The number of amides is 1. The molecule has 0 aromatic heterocycles. The van der Waals surface area contributed by atoms with Gasteiger partial charge in [0.15, 0.2) is 0 Å². The molecule has 0 fully saturated rings. The molecule has 0 bridgehead atoms. The van der Waals surface area contributed by atoms with Crippen molar-refractivity contribution in [2.24, 2.45) is 5.11 Å². The monoisotopic (exact) mass is 376 g/mol. The number of ether oxygens (including phenoxy) is 4. The van der Waals surface area contributed by atoms with Crippen LogP contribution in [0.4, 0.5) is 4.79 Å². The van der Waals surface area contributed by atoms with Crippen LogP contribution in [0.25, 0.3) is 10.4 Å². The van der Waals surface area contributed by atoms with Gasteiger partial charge in [-0.3, -0.25) is 9.69 Å². The third-order valence-electron chi connectivity index (χ3n) is 2.63. The maximum Gasteiger partial charge on any atom is 0.410 e. The number of nitrogens with zero attached hydrogens (tertiary/aromatic N) is 4. The van der Waals surface area contributed by atoms with Crippen molar-refractivity contribution in [1.29, 1.82) is 0 Å². The van der Waals surface area contributed by atoms with E-state index in [9.17, 15) is 9.59 Å². The van der Waals surface area contributed by atoms with Crippen LogP contribution in [-0.4, -0.2) is 86.9 Å². The summed E-state index contributed by atoms with van der Waals surface area (Å²) in [4.78, 5) is 26.5. The third kappa shape index (κ3) is 15.5. The minimum absolute atomic E-state index is 0.101. The number of carbonyl (C=O) groups is 2. The van der Waals surface area contributed by atoms with Crippen LogP contribution < -0.4 is 0 Å². The lowest BCUT2D eigenvalue weighted by Crippen LogP contribution is -2.41. The molecule has 1 amide bonds. The normalized spacial score (nSPS) is 10.9. The van der Waals surface area contributed by atoms with Crippen molar-refractivity contribution >= 4 is 12.1 Å². The van der Waals surface area contributed by atoms with E-state index >= 15 is 0 Å². The summed E-state index contributed by atoms with van der Waals surface area (Å²) in [5, 5.41) is 12.2. The van der Waals surface area contributed by atoms with Gasteiger partial charge >= 0.3 is 12.1 Å². The Morgan fingerprint density at radius 3 is 2.08 bits per heavy atom. The molecule has 26 heavy (non-hydrogen) atoms. The molecule has 0 spiro atoms. The second-order valence-corrected chi connectivity index (χ2v) is 6.09. The Hall–Kier alpha value is -2.07. The van der Waals surface area contributed by atoms with Crippen molar-refractivity contribution in [3.8, 4) is 0 Å². The van der Waals surface area contributed by atoms with Crippen molar-refractivity contribution in [1.82, 2.24) is 4.90 Å². The Labute approximate surface area is 152 Å². The molecule has 150 valence electrons. The van der Waals surface area contributed by atoms with Gasteiger partial charge in [0.2, 0.25) is 0 Å². The Bertz CT molecular complexity index is 461. The summed E-state index contributed by atoms with van der Waals surface area (Å²) in [6.45, 7) is 6.95. The summed E-state index contributed by atoms with van der Waals surface area (Å²) in [6, 6.07) is 0. The topological polar surface area (TPSA) is 143 Å². The van der Waals surface area contributed by atoms with E-state index in [0.29, 0.717) is 33.0 Å². The highest BCUT2D eigenvalue weighted by molar-refractivity contribution is 5.76. The molecule has 0 saturated heterocycles. The van der Waals surface area contributed by atoms with E-state index in [4.69, 9.17) is 29.6 Å². The number of rotatable bonds is 14. The molecule has 0 aliphatic carbocycles. The van der Waals surface area contributed by atoms with E-state index in [1.807, 2.05) is 0 Å². The quantitative estimate of drug-likeness (QED) is 0.210. The molecule has 0 unspecified atom stereocenters. The van der Waals surface area contributed by atoms with E-state index in [1.54, 1.807) is 20.8 Å². The highest BCUT2D eigenvalue weighted by Crippen LogP contribution is 2.09. The van der Waals surface area contributed by atoms with Crippen LogP contribution in [0.2, 0.25) is 0 Å². The summed E-state index contributed by atoms with van der Waals surface area (Å²) in [6.07, 6.45) is -0.697. The summed E-state index contributed by atoms with van der Waals surface area (Å²) in [5.74, 6) is -1.13. The number of carboxylic acids is 1. The fraction of sp³-hybridized carbons (Fsp3) is 0.867. The Morgan fingerprint density at radius 1 is 1.04 bits per heavy atom. The first-order chi connectivity index (χ1) is 12.3. The SMILES string of the molecule is CC(C)(C)OC(=O)N(CCOCCOCCOCCN=[N+]=[N-])CC(=O)O. The molecule has 0 aliphatic heterocycles. The maximum absolute atomic E-state index is 11.9. The number of hydrogen-bond acceptors (Lipinski definition) is 7. The smallest absolute Gasteiger partial charge is 0.410 e. The van der Waals surface area contributed by atoms with Gasteiger partial charge in [0, 0.05) is 18.0 Å². The molecule has 0 radical (unpaired) electrons. The highest BCUT2D eigenvalue weighted by Gasteiger charge is 2.23. The van der Waals surface area contributed by atoms with E-state index in [-0.39, 0.29) is 19.7 Å². The lowest BCUT2D eigenvalue weighted by molar-refractivity contribution is -0.138. The molecule has 0 rings (SSSR count). The van der Waals surface area contributed by atoms with Gasteiger partial charge in [0.1, 0.15) is 12.1 Å². The number of azide groups is 1. The first-order valence-corrected chi connectivity index (χ1v) is 8.20. The lowest BCUT2D eigenvalue weighted by atomic mass is 10.2. The van der Waals surface area contributed by atoms with Crippen LogP contribution >= 0.6 is 0 Å². The second-order valence-electron chi connectivity index (χ2n) is 6.09. The van der Waals surface area contributed by atoms with E-state index in [0.717, 1.165) is 4.90 Å². The summed E-state index contributed by atoms with van der Waals surface area (Å²) in [5.41, 5.74) is 7.37. The summed E-state index contributed by atoms with van der Waals surface area (Å²) < 4.78 is 20.9. The molecular formula is C15H28N4O7. The summed E-state index contributed by atoms with van der Waals surface area (Å²) in [7, 11) is 0. The van der Waals surface area contributed by atoms with Crippen LogP contribution in [0, 0.1) is 0 Å². The average molecular weight is 376 g/mol. The number of aliphatic carboxylic acids is 1. The molecule has 0 saturated carbocycles. The van der Waals surface area contributed by atoms with Gasteiger partial charge in [0.25, 0.3) is 0 Å². The molecule has 0 aromatic rings. The van der Waals surface area contributed by atoms with Gasteiger partial charge in [-0.1, -0.05) is 5.11 Å². The average Bonchev–Trinajstić information content (AvgIpc) is 2.52. The molecule has 1 N–H and O–H groups in total. The predicted molar refractivity (Wildman–Crippen MR) is 91.9 cm³/mol. The lowest BCUT2D eigenvalue weighted by Gasteiger charge is -2.26. The Kier molecular flexibility index (Phi) is 13.0. The van der Waals surface area contributed by atoms with Gasteiger partial charge in [-0.15, -0.1) is 0 Å². The molecule has 0 atom stereocenters. The third-order valence-corrected chi connectivity index (χ3v) is 2.63. The highest BCUT2D eigenvalue weighted by atomic mass is 16.6. The minimum Gasteiger partial charge on any atom is -0.480 e. The molecule has 0 aliphatic rings. The van der Waals surface area contributed by atoms with Crippen molar-refractivity contribution in [3.63, 3.8) is 0 Å². The van der Waals surface area contributed by atoms with Crippen molar-refractivity contribution < 1.29 is 33.6 Å². The largest absolute Gasteiger partial charge is 0.480 e. The van der Waals surface area contributed by atoms with Gasteiger partial charge < -0.3 is 24.1 Å². The number of hydrogen-bond donors (Lipinski definition) is 1. The van der Waals surface area contributed by atoms with Crippen LogP contribution in [0.1, 0.15) is 20.8 Å². The van der Waals surface area contributed by atoms with E-state index < -0.39 is 24.2 Å². The van der Waals surface area contributed by atoms with Crippen LogP contribution in [0.15, 0.2) is 5.11 Å². The van der Waals surface area contributed by atoms with Crippen molar-refractivity contribution in [3.05, 3.63) is 10.4 Å². The zero-order chi connectivity index (χ0) is 19.8. The van der Waals surface area contributed by atoms with Crippen LogP contribution in [-0.2, 0) is 23.7 Å². The number of carboxylic acid groups (broad SMARTS) is 1.